The van der Waals surface area contributed by atoms with E-state index < -0.39 is 18.0 Å². The van der Waals surface area contributed by atoms with Gasteiger partial charge in [0, 0.05) is 10.0 Å². The molecule has 3 N–H and O–H groups in total. The van der Waals surface area contributed by atoms with Crippen molar-refractivity contribution >= 4 is 27.8 Å². The molecule has 0 aliphatic carbocycles. The number of hydrogen-bond donors (Lipinski definition) is 3. The highest BCUT2D eigenvalue weighted by atomic mass is 79.9. The normalized spacial score (nSPS) is 11.9. The maximum Gasteiger partial charge on any atom is 0.334 e. The number of carboxylic acids is 1. The third-order valence-electron chi connectivity index (χ3n) is 1.83. The molecule has 1 rings (SSSR count). The summed E-state index contributed by atoms with van der Waals surface area (Å²) in [7, 11) is 0. The van der Waals surface area contributed by atoms with Gasteiger partial charge in [0.2, 0.25) is 0 Å². The predicted octanol–water partition coefficient (Wildman–Crippen LogP) is 0.624. The Morgan fingerprint density at radius 3 is 2.69 bits per heavy atom. The Kier molecular flexibility index (Phi) is 4.45. The van der Waals surface area contributed by atoms with Gasteiger partial charge in [-0.15, -0.1) is 0 Å². The molecule has 86 valence electrons. The van der Waals surface area contributed by atoms with Gasteiger partial charge in [0.1, 0.15) is 0 Å². The van der Waals surface area contributed by atoms with Crippen LogP contribution in [0.15, 0.2) is 28.7 Å². The van der Waals surface area contributed by atoms with Crippen molar-refractivity contribution in [3.63, 3.8) is 0 Å². The number of benzene rings is 1. The number of carboxylic acid groups (broad SMARTS) is 1. The van der Waals surface area contributed by atoms with Crippen molar-refractivity contribution in [3.8, 4) is 0 Å². The van der Waals surface area contributed by atoms with Crippen LogP contribution in [-0.4, -0.2) is 34.7 Å². The average Bonchev–Trinajstić information content (AvgIpc) is 2.25. The molecule has 0 heterocycles. The second-order valence-electron chi connectivity index (χ2n) is 3.07. The number of aliphatic carboxylic acids is 1. The van der Waals surface area contributed by atoms with E-state index in [0.29, 0.717) is 5.56 Å². The Hall–Kier alpha value is -1.40. The van der Waals surface area contributed by atoms with Gasteiger partial charge in [0.25, 0.3) is 5.91 Å². The molecule has 1 atom stereocenters. The average molecular weight is 288 g/mol. The SMILES string of the molecule is O=C(NCC(O)C(=O)O)c1cccc(Br)c1. The van der Waals surface area contributed by atoms with Gasteiger partial charge in [-0.1, -0.05) is 22.0 Å². The summed E-state index contributed by atoms with van der Waals surface area (Å²) in [6.45, 7) is -0.319. The molecule has 1 amide bonds. The van der Waals surface area contributed by atoms with E-state index in [2.05, 4.69) is 21.2 Å². The van der Waals surface area contributed by atoms with Crippen LogP contribution in [0.4, 0.5) is 0 Å². The fourth-order valence-electron chi connectivity index (χ4n) is 1.01. The second-order valence-corrected chi connectivity index (χ2v) is 3.99. The van der Waals surface area contributed by atoms with Gasteiger partial charge in [-0.3, -0.25) is 4.79 Å². The minimum Gasteiger partial charge on any atom is -0.479 e. The van der Waals surface area contributed by atoms with E-state index in [0.717, 1.165) is 4.47 Å². The number of nitrogens with one attached hydrogen (secondary N) is 1. The zero-order valence-electron chi connectivity index (χ0n) is 8.18. The molecule has 5 nitrogen and oxygen atoms in total. The van der Waals surface area contributed by atoms with Gasteiger partial charge >= 0.3 is 5.97 Å². The summed E-state index contributed by atoms with van der Waals surface area (Å²) < 4.78 is 0.749. The van der Waals surface area contributed by atoms with Crippen molar-refractivity contribution in [3.05, 3.63) is 34.3 Å². The molecule has 1 aromatic rings. The van der Waals surface area contributed by atoms with Crippen LogP contribution in [0, 0.1) is 0 Å². The highest BCUT2D eigenvalue weighted by Gasteiger charge is 2.14. The molecule has 16 heavy (non-hydrogen) atoms. The van der Waals surface area contributed by atoms with Crippen LogP contribution in [-0.2, 0) is 4.79 Å². The van der Waals surface area contributed by atoms with Crippen LogP contribution < -0.4 is 5.32 Å². The standard InChI is InChI=1S/C10H10BrNO4/c11-7-3-1-2-6(4-7)9(14)12-5-8(13)10(15)16/h1-4,8,13H,5H2,(H,12,14)(H,15,16). The quantitative estimate of drug-likeness (QED) is 0.758. The monoisotopic (exact) mass is 287 g/mol. The number of aliphatic hydroxyl groups excluding tert-OH is 1. The van der Waals surface area contributed by atoms with Crippen molar-refractivity contribution in [2.75, 3.05) is 6.54 Å². The van der Waals surface area contributed by atoms with Crippen LogP contribution in [0.2, 0.25) is 0 Å². The molecule has 0 spiro atoms. The smallest absolute Gasteiger partial charge is 0.334 e. The fraction of sp³-hybridized carbons (Fsp3) is 0.200. The minimum absolute atomic E-state index is 0.319. The minimum atomic E-state index is -1.59. The molecule has 1 aromatic carbocycles. The number of hydrogen-bond acceptors (Lipinski definition) is 3. The van der Waals surface area contributed by atoms with Crippen molar-refractivity contribution < 1.29 is 19.8 Å². The number of carbonyl (C=O) groups excluding carboxylic acids is 1. The Morgan fingerprint density at radius 2 is 2.12 bits per heavy atom. The molecule has 0 aromatic heterocycles. The number of halogens is 1. The van der Waals surface area contributed by atoms with Crippen molar-refractivity contribution in [1.29, 1.82) is 0 Å². The van der Waals surface area contributed by atoms with Gasteiger partial charge in [-0.05, 0) is 18.2 Å². The molecule has 6 heteroatoms. The largest absolute Gasteiger partial charge is 0.479 e. The van der Waals surface area contributed by atoms with Crippen LogP contribution in [0.5, 0.6) is 0 Å². The molecule has 0 aliphatic rings. The Morgan fingerprint density at radius 1 is 1.44 bits per heavy atom. The summed E-state index contributed by atoms with van der Waals surface area (Å²) in [6.07, 6.45) is -1.59. The highest BCUT2D eigenvalue weighted by Crippen LogP contribution is 2.11. The summed E-state index contributed by atoms with van der Waals surface area (Å²) >= 11 is 3.21. The molecule has 0 fully saturated rings. The van der Waals surface area contributed by atoms with E-state index >= 15 is 0 Å². The summed E-state index contributed by atoms with van der Waals surface area (Å²) in [6, 6.07) is 6.64. The number of rotatable bonds is 4. The lowest BCUT2D eigenvalue weighted by molar-refractivity contribution is -0.146. The first-order chi connectivity index (χ1) is 7.50. The zero-order chi connectivity index (χ0) is 12.1. The lowest BCUT2D eigenvalue weighted by Gasteiger charge is -2.07. The van der Waals surface area contributed by atoms with E-state index in [1.54, 1.807) is 24.3 Å². The first-order valence-electron chi connectivity index (χ1n) is 4.45. The van der Waals surface area contributed by atoms with Crippen LogP contribution in [0.3, 0.4) is 0 Å². The summed E-state index contributed by atoms with van der Waals surface area (Å²) in [5.41, 5.74) is 0.395. The van der Waals surface area contributed by atoms with E-state index in [1.807, 2.05) is 0 Å². The predicted molar refractivity (Wildman–Crippen MR) is 60.1 cm³/mol. The van der Waals surface area contributed by atoms with Crippen LogP contribution in [0.25, 0.3) is 0 Å². The first kappa shape index (κ1) is 12.7. The summed E-state index contributed by atoms with van der Waals surface area (Å²) in [5.74, 6) is -1.80. The number of amides is 1. The van der Waals surface area contributed by atoms with Crippen molar-refractivity contribution in [2.24, 2.45) is 0 Å². The van der Waals surface area contributed by atoms with Crippen molar-refractivity contribution in [2.45, 2.75) is 6.10 Å². The van der Waals surface area contributed by atoms with E-state index in [1.165, 1.54) is 0 Å². The Bertz CT molecular complexity index is 408. The highest BCUT2D eigenvalue weighted by molar-refractivity contribution is 9.10. The van der Waals surface area contributed by atoms with Gasteiger partial charge < -0.3 is 15.5 Å². The fourth-order valence-corrected chi connectivity index (χ4v) is 1.41. The molecule has 0 aliphatic heterocycles. The Labute approximate surface area is 100 Å². The van der Waals surface area contributed by atoms with Gasteiger partial charge in [-0.25, -0.2) is 4.79 Å². The molecule has 0 saturated heterocycles. The summed E-state index contributed by atoms with van der Waals surface area (Å²) in [5, 5.41) is 19.7. The molecule has 0 saturated carbocycles. The molecular weight excluding hydrogens is 278 g/mol. The third-order valence-corrected chi connectivity index (χ3v) is 2.32. The second kappa shape index (κ2) is 5.62. The molecular formula is C10H10BrNO4. The number of carbonyl (C=O) groups is 2. The molecule has 1 unspecified atom stereocenters. The maximum atomic E-state index is 11.5. The van der Waals surface area contributed by atoms with Crippen LogP contribution >= 0.6 is 15.9 Å². The van der Waals surface area contributed by atoms with Gasteiger partial charge in [0.15, 0.2) is 6.10 Å². The lowest BCUT2D eigenvalue weighted by atomic mass is 10.2. The van der Waals surface area contributed by atoms with Crippen molar-refractivity contribution in [1.82, 2.24) is 5.32 Å². The maximum absolute atomic E-state index is 11.5. The molecule has 0 radical (unpaired) electrons. The molecule has 0 bridgehead atoms. The van der Waals surface area contributed by atoms with Gasteiger partial charge in [-0.2, -0.15) is 0 Å². The lowest BCUT2D eigenvalue weighted by Crippen LogP contribution is -2.36. The van der Waals surface area contributed by atoms with E-state index in [4.69, 9.17) is 10.2 Å². The zero-order valence-corrected chi connectivity index (χ0v) is 9.77. The topological polar surface area (TPSA) is 86.6 Å². The number of aliphatic hydroxyl groups is 1. The first-order valence-corrected chi connectivity index (χ1v) is 5.24. The Balaban J connectivity index is 2.56. The van der Waals surface area contributed by atoms with E-state index in [9.17, 15) is 9.59 Å². The third kappa shape index (κ3) is 3.63. The van der Waals surface area contributed by atoms with Crippen LogP contribution in [0.1, 0.15) is 10.4 Å². The van der Waals surface area contributed by atoms with E-state index in [-0.39, 0.29) is 6.54 Å². The van der Waals surface area contributed by atoms with Gasteiger partial charge in [0.05, 0.1) is 6.54 Å². The summed E-state index contributed by atoms with van der Waals surface area (Å²) in [4.78, 5) is 21.8.